The lowest BCUT2D eigenvalue weighted by Crippen LogP contribution is -2.52. The molecule has 2 amide bonds. The van der Waals surface area contributed by atoms with Gasteiger partial charge in [0.1, 0.15) is 0 Å². The van der Waals surface area contributed by atoms with Gasteiger partial charge in [0.25, 0.3) is 0 Å². The molecule has 0 aromatic carbocycles. The maximum Gasteiger partial charge on any atom is 0.329 e. The number of hydrogen-bond acceptors (Lipinski definition) is 4. The molecular formula is C11H21N3O4. The highest BCUT2D eigenvalue weighted by molar-refractivity contribution is 5.75. The number of urea groups is 1. The number of carboxylic acids is 1. The third-order valence-electron chi connectivity index (χ3n) is 2.77. The Bertz CT molecular complexity index is 279. The first-order chi connectivity index (χ1) is 8.63. The molecule has 1 atom stereocenters. The molecule has 7 nitrogen and oxygen atoms in total. The van der Waals surface area contributed by atoms with E-state index in [9.17, 15) is 9.59 Å². The molecule has 0 aromatic rings. The van der Waals surface area contributed by atoms with Gasteiger partial charge >= 0.3 is 12.0 Å². The molecule has 18 heavy (non-hydrogen) atoms. The number of rotatable bonds is 6. The number of morpholine rings is 1. The average molecular weight is 259 g/mol. The van der Waals surface area contributed by atoms with Gasteiger partial charge in [-0.05, 0) is 6.42 Å². The van der Waals surface area contributed by atoms with E-state index in [0.717, 1.165) is 6.42 Å². The van der Waals surface area contributed by atoms with Crippen molar-refractivity contribution in [3.63, 3.8) is 0 Å². The summed E-state index contributed by atoms with van der Waals surface area (Å²) in [6.45, 7) is 4.54. The van der Waals surface area contributed by atoms with Crippen molar-refractivity contribution in [2.75, 3.05) is 32.8 Å². The zero-order valence-electron chi connectivity index (χ0n) is 10.6. The van der Waals surface area contributed by atoms with Gasteiger partial charge in [-0.3, -0.25) is 10.2 Å². The number of nitrogens with zero attached hydrogens (tertiary/aromatic N) is 1. The molecule has 104 valence electrons. The fourth-order valence-corrected chi connectivity index (χ4v) is 1.74. The monoisotopic (exact) mass is 259 g/mol. The predicted molar refractivity (Wildman–Crippen MR) is 65.0 cm³/mol. The topological polar surface area (TPSA) is 90.9 Å². The Kier molecular flexibility index (Phi) is 6.45. The Morgan fingerprint density at radius 1 is 1.39 bits per heavy atom. The SMILES string of the molecule is CCCC(CNC(=O)NN1CCOCC1)C(=O)O. The fourth-order valence-electron chi connectivity index (χ4n) is 1.74. The highest BCUT2D eigenvalue weighted by atomic mass is 16.5. The molecule has 7 heteroatoms. The van der Waals surface area contributed by atoms with E-state index in [4.69, 9.17) is 9.84 Å². The first-order valence-electron chi connectivity index (χ1n) is 6.23. The molecule has 0 saturated carbocycles. The molecule has 0 aliphatic carbocycles. The first-order valence-corrected chi connectivity index (χ1v) is 6.23. The fraction of sp³-hybridized carbons (Fsp3) is 0.818. The predicted octanol–water partition coefficient (Wildman–Crippen LogP) is 0.0337. The quantitative estimate of drug-likeness (QED) is 0.626. The van der Waals surface area contributed by atoms with Crippen molar-refractivity contribution in [3.05, 3.63) is 0 Å². The van der Waals surface area contributed by atoms with E-state index >= 15 is 0 Å². The van der Waals surface area contributed by atoms with E-state index in [1.54, 1.807) is 5.01 Å². The number of amides is 2. The minimum atomic E-state index is -0.872. The van der Waals surface area contributed by atoms with Gasteiger partial charge in [-0.2, -0.15) is 0 Å². The second-order valence-electron chi connectivity index (χ2n) is 4.25. The van der Waals surface area contributed by atoms with Crippen LogP contribution in [0.2, 0.25) is 0 Å². The number of hydrazine groups is 1. The standard InChI is InChI=1S/C11H21N3O4/c1-2-3-9(10(15)16)8-12-11(17)13-14-4-6-18-7-5-14/h9H,2-8H2,1H3,(H,15,16)(H2,12,13,17). The van der Waals surface area contributed by atoms with Gasteiger partial charge in [0.15, 0.2) is 0 Å². The Morgan fingerprint density at radius 2 is 2.06 bits per heavy atom. The zero-order chi connectivity index (χ0) is 13.4. The Morgan fingerprint density at radius 3 is 2.61 bits per heavy atom. The van der Waals surface area contributed by atoms with Gasteiger partial charge in [-0.15, -0.1) is 0 Å². The average Bonchev–Trinajstić information content (AvgIpc) is 2.35. The van der Waals surface area contributed by atoms with E-state index in [0.29, 0.717) is 32.7 Å². The summed E-state index contributed by atoms with van der Waals surface area (Å²) in [5, 5.41) is 13.3. The molecule has 0 radical (unpaired) electrons. The normalized spacial score (nSPS) is 18.1. The summed E-state index contributed by atoms with van der Waals surface area (Å²) >= 11 is 0. The number of carbonyl (C=O) groups excluding carboxylic acids is 1. The summed E-state index contributed by atoms with van der Waals surface area (Å²) in [5.74, 6) is -1.39. The number of aliphatic carboxylic acids is 1. The largest absolute Gasteiger partial charge is 0.481 e. The lowest BCUT2D eigenvalue weighted by atomic mass is 10.0. The second-order valence-corrected chi connectivity index (χ2v) is 4.25. The third kappa shape index (κ3) is 5.33. The van der Waals surface area contributed by atoms with E-state index in [2.05, 4.69) is 10.7 Å². The van der Waals surface area contributed by atoms with Crippen LogP contribution in [0.15, 0.2) is 0 Å². The second kappa shape index (κ2) is 7.88. The molecule has 1 aliphatic heterocycles. The van der Waals surface area contributed by atoms with Crippen LogP contribution in [-0.2, 0) is 9.53 Å². The van der Waals surface area contributed by atoms with Gasteiger partial charge in [-0.1, -0.05) is 13.3 Å². The highest BCUT2D eigenvalue weighted by Gasteiger charge is 2.18. The highest BCUT2D eigenvalue weighted by Crippen LogP contribution is 2.04. The number of ether oxygens (including phenoxy) is 1. The summed E-state index contributed by atoms with van der Waals surface area (Å²) in [7, 11) is 0. The third-order valence-corrected chi connectivity index (χ3v) is 2.77. The summed E-state index contributed by atoms with van der Waals surface area (Å²) < 4.78 is 5.15. The molecule has 3 N–H and O–H groups in total. The van der Waals surface area contributed by atoms with Crippen LogP contribution in [0.5, 0.6) is 0 Å². The van der Waals surface area contributed by atoms with Crippen LogP contribution in [0.4, 0.5) is 4.79 Å². The van der Waals surface area contributed by atoms with Crippen LogP contribution >= 0.6 is 0 Å². The van der Waals surface area contributed by atoms with Crippen LogP contribution < -0.4 is 10.7 Å². The van der Waals surface area contributed by atoms with E-state index in [1.165, 1.54) is 0 Å². The van der Waals surface area contributed by atoms with Gasteiger partial charge in [0.05, 0.1) is 19.1 Å². The van der Waals surface area contributed by atoms with Crippen LogP contribution in [0.1, 0.15) is 19.8 Å². The van der Waals surface area contributed by atoms with Crippen LogP contribution in [0, 0.1) is 5.92 Å². The Labute approximate surface area is 106 Å². The lowest BCUT2D eigenvalue weighted by molar-refractivity contribution is -0.141. The van der Waals surface area contributed by atoms with Crippen molar-refractivity contribution in [2.45, 2.75) is 19.8 Å². The molecule has 1 rings (SSSR count). The van der Waals surface area contributed by atoms with Gasteiger partial charge in [-0.25, -0.2) is 9.80 Å². The molecule has 0 aromatic heterocycles. The minimum absolute atomic E-state index is 0.152. The van der Waals surface area contributed by atoms with Crippen LogP contribution in [-0.4, -0.2) is 55.0 Å². The van der Waals surface area contributed by atoms with Crippen LogP contribution in [0.3, 0.4) is 0 Å². The Balaban J connectivity index is 2.24. The molecule has 1 fully saturated rings. The summed E-state index contributed by atoms with van der Waals surface area (Å²) in [6.07, 6.45) is 1.34. The lowest BCUT2D eigenvalue weighted by Gasteiger charge is -2.27. The number of nitrogens with one attached hydrogen (secondary N) is 2. The first kappa shape index (κ1) is 14.7. The molecule has 1 heterocycles. The van der Waals surface area contributed by atoms with Gasteiger partial charge < -0.3 is 15.2 Å². The number of carboxylic acid groups (broad SMARTS) is 1. The minimum Gasteiger partial charge on any atom is -0.481 e. The van der Waals surface area contributed by atoms with Crippen molar-refractivity contribution in [2.24, 2.45) is 5.92 Å². The molecule has 1 aliphatic rings. The summed E-state index contributed by atoms with van der Waals surface area (Å²) in [4.78, 5) is 22.4. The van der Waals surface area contributed by atoms with Gasteiger partial charge in [0, 0.05) is 19.6 Å². The Hall–Kier alpha value is -1.34. The molecular weight excluding hydrogens is 238 g/mol. The zero-order valence-corrected chi connectivity index (χ0v) is 10.6. The van der Waals surface area contributed by atoms with Crippen molar-refractivity contribution >= 4 is 12.0 Å². The van der Waals surface area contributed by atoms with Crippen molar-refractivity contribution in [1.82, 2.24) is 15.8 Å². The summed E-state index contributed by atoms with van der Waals surface area (Å²) in [5.41, 5.74) is 2.67. The maximum atomic E-state index is 11.5. The van der Waals surface area contributed by atoms with Crippen LogP contribution in [0.25, 0.3) is 0 Å². The van der Waals surface area contributed by atoms with E-state index in [1.807, 2.05) is 6.92 Å². The smallest absolute Gasteiger partial charge is 0.329 e. The van der Waals surface area contributed by atoms with Gasteiger partial charge in [0.2, 0.25) is 0 Å². The molecule has 0 spiro atoms. The number of carbonyl (C=O) groups is 2. The molecule has 1 saturated heterocycles. The van der Waals surface area contributed by atoms with E-state index in [-0.39, 0.29) is 12.6 Å². The van der Waals surface area contributed by atoms with Crippen molar-refractivity contribution < 1.29 is 19.4 Å². The van der Waals surface area contributed by atoms with Crippen molar-refractivity contribution in [3.8, 4) is 0 Å². The van der Waals surface area contributed by atoms with Crippen molar-refractivity contribution in [1.29, 1.82) is 0 Å². The molecule has 1 unspecified atom stereocenters. The van der Waals surface area contributed by atoms with E-state index < -0.39 is 11.9 Å². The maximum absolute atomic E-state index is 11.5. The summed E-state index contributed by atoms with van der Waals surface area (Å²) in [6, 6.07) is -0.362. The number of hydrogen-bond donors (Lipinski definition) is 3. The molecule has 0 bridgehead atoms.